The van der Waals surface area contributed by atoms with Gasteiger partial charge in [-0.05, 0) is 24.7 Å². The van der Waals surface area contributed by atoms with Crippen LogP contribution in [0.15, 0.2) is 5.38 Å². The molecule has 1 aliphatic carbocycles. The summed E-state index contributed by atoms with van der Waals surface area (Å²) in [5.74, 6) is 0. The van der Waals surface area contributed by atoms with E-state index in [0.29, 0.717) is 11.7 Å². The van der Waals surface area contributed by atoms with Crippen LogP contribution in [0.3, 0.4) is 0 Å². The summed E-state index contributed by atoms with van der Waals surface area (Å²) in [5.41, 5.74) is 1.12. The highest BCUT2D eigenvalue weighted by Crippen LogP contribution is 2.44. The number of hydrogen-bond acceptors (Lipinski definition) is 4. The number of anilines is 1. The SMILES string of the molecule is CC(C)(C)Cc1csc(NC(=O)NCC2(CO)CC2)n1. The molecule has 0 atom stereocenters. The van der Waals surface area contributed by atoms with Crippen molar-refractivity contribution < 1.29 is 9.90 Å². The number of urea groups is 1. The van der Waals surface area contributed by atoms with Gasteiger partial charge in [0.05, 0.1) is 12.3 Å². The monoisotopic (exact) mass is 297 g/mol. The van der Waals surface area contributed by atoms with Gasteiger partial charge in [-0.25, -0.2) is 9.78 Å². The lowest BCUT2D eigenvalue weighted by molar-refractivity contribution is 0.206. The molecule has 0 unspecified atom stereocenters. The number of carbonyl (C=O) groups excluding carboxylic acids is 1. The van der Waals surface area contributed by atoms with Crippen LogP contribution in [0.4, 0.5) is 9.93 Å². The van der Waals surface area contributed by atoms with Gasteiger partial charge in [0, 0.05) is 17.3 Å². The molecule has 0 radical (unpaired) electrons. The van der Waals surface area contributed by atoms with Gasteiger partial charge in [-0.2, -0.15) is 0 Å². The first-order valence-corrected chi connectivity index (χ1v) is 7.80. The van der Waals surface area contributed by atoms with E-state index in [0.717, 1.165) is 25.0 Å². The lowest BCUT2D eigenvalue weighted by Crippen LogP contribution is -2.35. The number of carbonyl (C=O) groups is 1. The van der Waals surface area contributed by atoms with Crippen molar-refractivity contribution in [3.63, 3.8) is 0 Å². The summed E-state index contributed by atoms with van der Waals surface area (Å²) in [6.07, 6.45) is 2.86. The van der Waals surface area contributed by atoms with Crippen molar-refractivity contribution in [2.75, 3.05) is 18.5 Å². The third kappa shape index (κ3) is 4.45. The maximum atomic E-state index is 11.8. The summed E-state index contributed by atoms with van der Waals surface area (Å²) in [5, 5.41) is 17.3. The highest BCUT2D eigenvalue weighted by molar-refractivity contribution is 7.13. The number of nitrogens with zero attached hydrogens (tertiary/aromatic N) is 1. The standard InChI is InChI=1S/C14H23N3O2S/c1-13(2,3)6-10-7-20-12(16-10)17-11(19)15-8-14(9-18)4-5-14/h7,18H,4-6,8-9H2,1-3H3,(H2,15,16,17,19). The van der Waals surface area contributed by atoms with E-state index in [-0.39, 0.29) is 23.5 Å². The Balaban J connectivity index is 1.79. The molecule has 20 heavy (non-hydrogen) atoms. The molecule has 0 saturated heterocycles. The Hall–Kier alpha value is -1.14. The first-order valence-electron chi connectivity index (χ1n) is 6.92. The molecule has 1 aromatic rings. The van der Waals surface area contributed by atoms with Crippen molar-refractivity contribution >= 4 is 22.5 Å². The predicted octanol–water partition coefficient (Wildman–Crippen LogP) is 2.63. The molecule has 0 aliphatic heterocycles. The van der Waals surface area contributed by atoms with Gasteiger partial charge < -0.3 is 10.4 Å². The van der Waals surface area contributed by atoms with E-state index in [2.05, 4.69) is 36.4 Å². The Morgan fingerprint density at radius 3 is 2.75 bits per heavy atom. The molecule has 1 aromatic heterocycles. The Morgan fingerprint density at radius 1 is 1.50 bits per heavy atom. The summed E-state index contributed by atoms with van der Waals surface area (Å²) in [6.45, 7) is 7.15. The van der Waals surface area contributed by atoms with Gasteiger partial charge in [0.1, 0.15) is 0 Å². The molecule has 0 aromatic carbocycles. The molecule has 5 nitrogen and oxygen atoms in total. The van der Waals surface area contributed by atoms with Gasteiger partial charge in [-0.1, -0.05) is 20.8 Å². The van der Waals surface area contributed by atoms with Crippen LogP contribution in [0.25, 0.3) is 0 Å². The molecule has 0 bridgehead atoms. The second-order valence-corrected chi connectivity index (χ2v) is 7.71. The molecule has 0 spiro atoms. The summed E-state index contributed by atoms with van der Waals surface area (Å²) in [7, 11) is 0. The summed E-state index contributed by atoms with van der Waals surface area (Å²) >= 11 is 1.44. The fraction of sp³-hybridized carbons (Fsp3) is 0.714. The molecule has 2 amide bonds. The Labute approximate surface area is 123 Å². The van der Waals surface area contributed by atoms with Gasteiger partial charge in [-0.3, -0.25) is 5.32 Å². The lowest BCUT2D eigenvalue weighted by atomic mass is 9.91. The zero-order valence-corrected chi connectivity index (χ0v) is 13.1. The van der Waals surface area contributed by atoms with Gasteiger partial charge in [-0.15, -0.1) is 11.3 Å². The first-order chi connectivity index (χ1) is 9.32. The van der Waals surface area contributed by atoms with Crippen LogP contribution in [-0.4, -0.2) is 29.3 Å². The normalized spacial score (nSPS) is 16.8. The Bertz CT molecular complexity index is 475. The van der Waals surface area contributed by atoms with E-state index < -0.39 is 0 Å². The van der Waals surface area contributed by atoms with E-state index in [1.54, 1.807) is 0 Å². The Morgan fingerprint density at radius 2 is 2.20 bits per heavy atom. The fourth-order valence-corrected chi connectivity index (χ4v) is 2.67. The van der Waals surface area contributed by atoms with Crippen LogP contribution in [0.1, 0.15) is 39.3 Å². The number of aliphatic hydroxyl groups excluding tert-OH is 1. The molecular weight excluding hydrogens is 274 g/mol. The van der Waals surface area contributed by atoms with Gasteiger partial charge >= 0.3 is 6.03 Å². The van der Waals surface area contributed by atoms with Gasteiger partial charge in [0.15, 0.2) is 5.13 Å². The molecule has 1 fully saturated rings. The minimum Gasteiger partial charge on any atom is -0.396 e. The molecular formula is C14H23N3O2S. The molecule has 2 rings (SSSR count). The largest absolute Gasteiger partial charge is 0.396 e. The molecule has 1 saturated carbocycles. The molecule has 1 heterocycles. The highest BCUT2D eigenvalue weighted by Gasteiger charge is 2.42. The third-order valence-electron chi connectivity index (χ3n) is 3.40. The smallest absolute Gasteiger partial charge is 0.321 e. The number of aromatic nitrogens is 1. The van der Waals surface area contributed by atoms with Crippen molar-refractivity contribution in [2.24, 2.45) is 10.8 Å². The zero-order chi connectivity index (χ0) is 14.8. The lowest BCUT2D eigenvalue weighted by Gasteiger charge is -2.15. The topological polar surface area (TPSA) is 74.2 Å². The van der Waals surface area contributed by atoms with Gasteiger partial charge in [0.2, 0.25) is 0 Å². The van der Waals surface area contributed by atoms with Crippen molar-refractivity contribution in [2.45, 2.75) is 40.0 Å². The zero-order valence-electron chi connectivity index (χ0n) is 12.3. The molecule has 1 aliphatic rings. The van der Waals surface area contributed by atoms with E-state index in [1.165, 1.54) is 11.3 Å². The van der Waals surface area contributed by atoms with E-state index in [4.69, 9.17) is 0 Å². The van der Waals surface area contributed by atoms with E-state index in [9.17, 15) is 9.90 Å². The van der Waals surface area contributed by atoms with Crippen molar-refractivity contribution in [3.8, 4) is 0 Å². The van der Waals surface area contributed by atoms with Crippen molar-refractivity contribution in [1.29, 1.82) is 0 Å². The minimum absolute atomic E-state index is 0.0718. The second-order valence-electron chi connectivity index (χ2n) is 6.85. The third-order valence-corrected chi connectivity index (χ3v) is 4.21. The fourth-order valence-electron chi connectivity index (χ4n) is 1.97. The van der Waals surface area contributed by atoms with E-state index >= 15 is 0 Å². The van der Waals surface area contributed by atoms with Crippen LogP contribution in [-0.2, 0) is 6.42 Å². The van der Waals surface area contributed by atoms with Crippen LogP contribution < -0.4 is 10.6 Å². The minimum atomic E-state index is -0.249. The van der Waals surface area contributed by atoms with Crippen molar-refractivity contribution in [3.05, 3.63) is 11.1 Å². The first kappa shape index (κ1) is 15.3. The number of thiazole rings is 1. The van der Waals surface area contributed by atoms with Crippen LogP contribution in [0.5, 0.6) is 0 Å². The number of aliphatic hydroxyl groups is 1. The predicted molar refractivity (Wildman–Crippen MR) is 81.0 cm³/mol. The molecule has 3 N–H and O–H groups in total. The van der Waals surface area contributed by atoms with E-state index in [1.807, 2.05) is 5.38 Å². The van der Waals surface area contributed by atoms with Gasteiger partial charge in [0.25, 0.3) is 0 Å². The van der Waals surface area contributed by atoms with Crippen LogP contribution in [0.2, 0.25) is 0 Å². The van der Waals surface area contributed by atoms with Crippen molar-refractivity contribution in [1.82, 2.24) is 10.3 Å². The maximum absolute atomic E-state index is 11.8. The molecule has 6 heteroatoms. The summed E-state index contributed by atoms with van der Waals surface area (Å²) < 4.78 is 0. The highest BCUT2D eigenvalue weighted by atomic mass is 32.1. The number of rotatable bonds is 5. The maximum Gasteiger partial charge on any atom is 0.321 e. The average molecular weight is 297 g/mol. The summed E-state index contributed by atoms with van der Waals surface area (Å²) in [6, 6.07) is -0.249. The van der Waals surface area contributed by atoms with Crippen LogP contribution in [0, 0.1) is 10.8 Å². The average Bonchev–Trinajstić information content (AvgIpc) is 3.02. The Kier molecular flexibility index (Phi) is 4.34. The molecule has 112 valence electrons. The second kappa shape index (κ2) is 5.69. The summed E-state index contributed by atoms with van der Waals surface area (Å²) in [4.78, 5) is 16.2. The quantitative estimate of drug-likeness (QED) is 0.782. The number of nitrogens with one attached hydrogen (secondary N) is 2. The number of hydrogen-bond donors (Lipinski definition) is 3. The number of amides is 2. The van der Waals surface area contributed by atoms with Crippen LogP contribution >= 0.6 is 11.3 Å².